The Morgan fingerprint density at radius 2 is 1.28 bits per heavy atom. The van der Waals surface area contributed by atoms with Gasteiger partial charge in [-0.3, -0.25) is 43.8 Å². The number of amides is 6. The van der Waals surface area contributed by atoms with Gasteiger partial charge < -0.3 is 68.4 Å². The van der Waals surface area contributed by atoms with Gasteiger partial charge in [-0.2, -0.15) is 0 Å². The average Bonchev–Trinajstić information content (AvgIpc) is 1.62. The zero-order valence-corrected chi connectivity index (χ0v) is 48.1. The molecule has 2 aliphatic heterocycles. The Hall–Kier alpha value is -7.94. The monoisotopic (exact) mass is 1200 g/mol. The van der Waals surface area contributed by atoms with Gasteiger partial charge in [-0.05, 0) is 67.1 Å². The first kappa shape index (κ1) is 65.6. The Bertz CT molecular complexity index is 3090. The fourth-order valence-electron chi connectivity index (χ4n) is 9.86. The molecule has 24 heteroatoms. The lowest BCUT2D eigenvalue weighted by Gasteiger charge is -2.27. The second-order valence-electron chi connectivity index (χ2n) is 20.3. The standard InChI is InChI=1S/C62H74FN5O18/c1-40(2)57-56(60(76)65-43-12-7-4-8-13-43)54(41-10-5-3-6-11-41)58(67(57)22-20-44(69)37-45(70)38-53(73)74)46-17-16-42(63)36-50(46)85-35-34-84-33-32-83-31-30-82-29-28-81-27-26-80-25-24-79-23-21-64-52(72)39-86-49-15-9-14-47-55(49)62(78)68(61(47)77)48-18-19-51(71)66-59(48)75/h3-17,36,40,44-45,48,69-70H,18-35,37-39H2,1-2H3,(H,64,72)(H,65,76)(H,73,74)(H,66,71,75). The van der Waals surface area contributed by atoms with E-state index in [2.05, 4.69) is 16.0 Å². The predicted octanol–water partition coefficient (Wildman–Crippen LogP) is 5.39. The first-order valence-electron chi connectivity index (χ1n) is 28.5. The van der Waals surface area contributed by atoms with Gasteiger partial charge in [-0.1, -0.05) is 68.4 Å². The van der Waals surface area contributed by atoms with Gasteiger partial charge in [0.1, 0.15) is 30.0 Å². The van der Waals surface area contributed by atoms with Crippen LogP contribution < -0.4 is 25.4 Å². The Balaban J connectivity index is 0.768. The van der Waals surface area contributed by atoms with Gasteiger partial charge in [0.2, 0.25) is 11.8 Å². The number of carbonyl (C=O) groups excluding carboxylic acids is 6. The summed E-state index contributed by atoms with van der Waals surface area (Å²) in [6, 6.07) is 25.8. The van der Waals surface area contributed by atoms with Crippen molar-refractivity contribution in [1.82, 2.24) is 20.1 Å². The summed E-state index contributed by atoms with van der Waals surface area (Å²) in [7, 11) is 0. The van der Waals surface area contributed by atoms with Gasteiger partial charge in [-0.25, -0.2) is 4.39 Å². The molecule has 1 fully saturated rings. The zero-order chi connectivity index (χ0) is 61.4. The Kier molecular flexibility index (Phi) is 25.7. The van der Waals surface area contributed by atoms with Crippen LogP contribution in [0.2, 0.25) is 0 Å². The second kappa shape index (κ2) is 33.7. The lowest BCUT2D eigenvalue weighted by molar-refractivity contribution is -0.140. The molecule has 6 amide bonds. The fraction of sp³-hybridized carbons (Fsp3) is 0.435. The molecule has 2 aliphatic rings. The number of anilines is 1. The number of nitrogens with one attached hydrogen (secondary N) is 3. The van der Waals surface area contributed by atoms with Crippen molar-refractivity contribution in [1.29, 1.82) is 0 Å². The number of imide groups is 2. The van der Waals surface area contributed by atoms with Crippen LogP contribution in [0.1, 0.15) is 88.6 Å². The van der Waals surface area contributed by atoms with Crippen LogP contribution in [0.5, 0.6) is 11.5 Å². The summed E-state index contributed by atoms with van der Waals surface area (Å²) in [4.78, 5) is 89.4. The van der Waals surface area contributed by atoms with Crippen molar-refractivity contribution < 1.29 is 91.2 Å². The number of carboxylic acids is 1. The number of benzene rings is 4. The Morgan fingerprint density at radius 1 is 0.674 bits per heavy atom. The minimum absolute atomic E-state index is 0.0105. The molecule has 86 heavy (non-hydrogen) atoms. The number of rotatable bonds is 38. The van der Waals surface area contributed by atoms with Crippen LogP contribution >= 0.6 is 0 Å². The summed E-state index contributed by atoms with van der Waals surface area (Å²) in [5.74, 6) is -5.28. The number of piperidine rings is 1. The average molecular weight is 1200 g/mol. The summed E-state index contributed by atoms with van der Waals surface area (Å²) in [6.45, 7) is 7.23. The van der Waals surface area contributed by atoms with Crippen LogP contribution in [0.3, 0.4) is 0 Å². The molecule has 1 aromatic heterocycles. The van der Waals surface area contributed by atoms with Gasteiger partial charge in [0.05, 0.1) is 120 Å². The lowest BCUT2D eigenvalue weighted by Crippen LogP contribution is -2.54. The molecule has 0 spiro atoms. The number of hydrogen-bond acceptors (Lipinski definition) is 17. The zero-order valence-electron chi connectivity index (χ0n) is 48.1. The molecule has 7 rings (SSSR count). The number of halogens is 1. The molecule has 462 valence electrons. The molecule has 3 heterocycles. The van der Waals surface area contributed by atoms with Gasteiger partial charge in [0, 0.05) is 48.1 Å². The summed E-state index contributed by atoms with van der Waals surface area (Å²) in [6.07, 6.45) is -2.98. The largest absolute Gasteiger partial charge is 0.490 e. The normalized spacial score (nSPS) is 14.7. The number of para-hydroxylation sites is 1. The topological polar surface area (TPSA) is 298 Å². The number of hydrogen-bond donors (Lipinski definition) is 6. The van der Waals surface area contributed by atoms with E-state index in [1.54, 1.807) is 18.2 Å². The number of aromatic nitrogens is 1. The van der Waals surface area contributed by atoms with Crippen LogP contribution in [0.15, 0.2) is 97.1 Å². The Labute approximate surface area is 496 Å². The molecule has 3 unspecified atom stereocenters. The van der Waals surface area contributed by atoms with Crippen molar-refractivity contribution in [2.75, 3.05) is 104 Å². The van der Waals surface area contributed by atoms with Crippen molar-refractivity contribution in [2.45, 2.75) is 76.7 Å². The molecule has 1 saturated heterocycles. The predicted molar refractivity (Wildman–Crippen MR) is 309 cm³/mol. The van der Waals surface area contributed by atoms with E-state index in [1.165, 1.54) is 30.3 Å². The van der Waals surface area contributed by atoms with E-state index < -0.39 is 72.6 Å². The molecular weight excluding hydrogens is 1120 g/mol. The SMILES string of the molecule is CC(C)c1c(C(=O)Nc2ccccc2)c(-c2ccccc2)c(-c2ccc(F)cc2OCCOCCOCCOCCOCCOCCOCCNC(=O)COc2cccc3c2C(=O)N(C2CCC(=O)NC2=O)C3=O)n1CCC(O)CC(O)CC(=O)O. The summed E-state index contributed by atoms with van der Waals surface area (Å²) in [5, 5.41) is 38.5. The fourth-order valence-corrected chi connectivity index (χ4v) is 9.86. The maximum Gasteiger partial charge on any atom is 0.305 e. The summed E-state index contributed by atoms with van der Waals surface area (Å²) in [5.41, 5.74) is 3.85. The highest BCUT2D eigenvalue weighted by atomic mass is 19.1. The first-order chi connectivity index (χ1) is 41.6. The van der Waals surface area contributed by atoms with Crippen molar-refractivity contribution in [3.05, 3.63) is 125 Å². The van der Waals surface area contributed by atoms with Crippen molar-refractivity contribution in [3.63, 3.8) is 0 Å². The van der Waals surface area contributed by atoms with Gasteiger partial charge >= 0.3 is 5.97 Å². The van der Waals surface area contributed by atoms with E-state index in [0.29, 0.717) is 85.6 Å². The van der Waals surface area contributed by atoms with Crippen LogP contribution in [-0.4, -0.2) is 183 Å². The third-order valence-corrected chi connectivity index (χ3v) is 13.7. The Morgan fingerprint density at radius 3 is 1.88 bits per heavy atom. The molecule has 4 aromatic carbocycles. The van der Waals surface area contributed by atoms with Crippen molar-refractivity contribution in [2.24, 2.45) is 0 Å². The number of ether oxygens (including phenoxy) is 8. The molecule has 0 bridgehead atoms. The molecule has 5 aromatic rings. The van der Waals surface area contributed by atoms with E-state index in [-0.39, 0.29) is 113 Å². The number of aliphatic hydroxyl groups excluding tert-OH is 2. The molecular formula is C62H74FN5O18. The third-order valence-electron chi connectivity index (χ3n) is 13.7. The van der Waals surface area contributed by atoms with E-state index >= 15 is 4.39 Å². The number of carbonyl (C=O) groups is 7. The van der Waals surface area contributed by atoms with Crippen molar-refractivity contribution >= 4 is 47.1 Å². The maximum absolute atomic E-state index is 15.2. The first-order valence-corrected chi connectivity index (χ1v) is 28.5. The maximum atomic E-state index is 15.2. The van der Waals surface area contributed by atoms with E-state index in [4.69, 9.17) is 37.9 Å². The molecule has 0 radical (unpaired) electrons. The van der Waals surface area contributed by atoms with Crippen LogP contribution in [-0.2, 0) is 54.1 Å². The van der Waals surface area contributed by atoms with Crippen LogP contribution in [0.4, 0.5) is 10.1 Å². The molecule has 6 N–H and O–H groups in total. The highest BCUT2D eigenvalue weighted by molar-refractivity contribution is 6.24. The van der Waals surface area contributed by atoms with E-state index in [1.807, 2.05) is 66.9 Å². The highest BCUT2D eigenvalue weighted by Crippen LogP contribution is 2.46. The smallest absolute Gasteiger partial charge is 0.305 e. The number of carboxylic acid groups (broad SMARTS) is 1. The van der Waals surface area contributed by atoms with Gasteiger partial charge in [0.15, 0.2) is 6.61 Å². The summed E-state index contributed by atoms with van der Waals surface area (Å²) >= 11 is 0. The number of aliphatic hydroxyl groups is 2. The van der Waals surface area contributed by atoms with E-state index in [9.17, 15) is 48.9 Å². The number of fused-ring (bicyclic) bond motifs is 1. The van der Waals surface area contributed by atoms with Crippen LogP contribution in [0, 0.1) is 5.82 Å². The molecule has 0 saturated carbocycles. The molecule has 3 atom stereocenters. The van der Waals surface area contributed by atoms with Gasteiger partial charge in [-0.15, -0.1) is 0 Å². The number of aliphatic carboxylic acids is 1. The third kappa shape index (κ3) is 18.8. The quantitative estimate of drug-likeness (QED) is 0.0213. The highest BCUT2D eigenvalue weighted by Gasteiger charge is 2.46. The molecule has 0 aliphatic carbocycles. The summed E-state index contributed by atoms with van der Waals surface area (Å²) < 4.78 is 62.5. The second-order valence-corrected chi connectivity index (χ2v) is 20.3. The minimum atomic E-state index is -1.27. The molecule has 23 nitrogen and oxygen atoms in total. The lowest BCUT2D eigenvalue weighted by atomic mass is 9.94. The minimum Gasteiger partial charge on any atom is -0.490 e. The van der Waals surface area contributed by atoms with Crippen LogP contribution in [0.25, 0.3) is 22.4 Å². The van der Waals surface area contributed by atoms with Crippen molar-refractivity contribution in [3.8, 4) is 33.9 Å². The van der Waals surface area contributed by atoms with Gasteiger partial charge in [0.25, 0.3) is 23.6 Å². The van der Waals surface area contributed by atoms with E-state index in [0.717, 1.165) is 4.90 Å². The number of nitrogens with zero attached hydrogens (tertiary/aromatic N) is 2.